The van der Waals surface area contributed by atoms with Crippen molar-refractivity contribution in [3.8, 4) is 11.1 Å². The predicted octanol–water partition coefficient (Wildman–Crippen LogP) is 3.14. The Morgan fingerprint density at radius 3 is 2.14 bits per heavy atom. The fourth-order valence-electron chi connectivity index (χ4n) is 3.34. The van der Waals surface area contributed by atoms with Gasteiger partial charge in [-0.15, -0.1) is 0 Å². The zero-order chi connectivity index (χ0) is 20.5. The van der Waals surface area contributed by atoms with Crippen molar-refractivity contribution < 1.29 is 23.1 Å². The summed E-state index contributed by atoms with van der Waals surface area (Å²) in [6, 6.07) is 12.2. The van der Waals surface area contributed by atoms with Crippen LogP contribution in [0.3, 0.4) is 0 Å². The molecular weight excluding hydrogens is 398 g/mol. The number of sulfonamides is 1. The lowest BCUT2D eigenvalue weighted by atomic mass is 10.0. The van der Waals surface area contributed by atoms with Gasteiger partial charge in [0.2, 0.25) is 10.0 Å². The first-order chi connectivity index (χ1) is 13.2. The zero-order valence-corrected chi connectivity index (χ0v) is 17.2. The summed E-state index contributed by atoms with van der Waals surface area (Å²) in [6.07, 6.45) is 0.761. The van der Waals surface area contributed by atoms with E-state index in [1.165, 1.54) is 23.9 Å². The summed E-state index contributed by atoms with van der Waals surface area (Å²) in [7, 11) is -3.94. The standard InChI is InChI=1S/C20H21NO5S2/c1-20(2)18(19(23)24)21(11-12-27-20)28(25,26)17-9-7-16(8-10-17)15-5-3-14(13-22)4-6-15/h3-10,13,18H,11-12H2,1-2H3,(H,23,24)/t18-/m0/s1. The van der Waals surface area contributed by atoms with Crippen molar-refractivity contribution in [3.05, 3.63) is 54.1 Å². The van der Waals surface area contributed by atoms with Crippen molar-refractivity contribution in [1.29, 1.82) is 0 Å². The van der Waals surface area contributed by atoms with Crippen LogP contribution >= 0.6 is 11.8 Å². The highest BCUT2D eigenvalue weighted by molar-refractivity contribution is 8.00. The fraction of sp³-hybridized carbons (Fsp3) is 0.300. The van der Waals surface area contributed by atoms with Gasteiger partial charge in [0.15, 0.2) is 0 Å². The van der Waals surface area contributed by atoms with Crippen molar-refractivity contribution in [3.63, 3.8) is 0 Å². The van der Waals surface area contributed by atoms with E-state index in [-0.39, 0.29) is 11.4 Å². The normalized spacial score (nSPS) is 19.9. The maximum Gasteiger partial charge on any atom is 0.323 e. The maximum absolute atomic E-state index is 13.1. The Balaban J connectivity index is 1.93. The number of hydrogen-bond donors (Lipinski definition) is 1. The number of rotatable bonds is 5. The average Bonchev–Trinajstić information content (AvgIpc) is 2.67. The van der Waals surface area contributed by atoms with Crippen molar-refractivity contribution in [2.45, 2.75) is 29.5 Å². The van der Waals surface area contributed by atoms with Gasteiger partial charge in [-0.05, 0) is 37.1 Å². The quantitative estimate of drug-likeness (QED) is 0.749. The van der Waals surface area contributed by atoms with Crippen LogP contribution in [0.4, 0.5) is 0 Å². The molecule has 2 aromatic carbocycles. The molecule has 0 saturated carbocycles. The molecule has 0 bridgehead atoms. The second-order valence-electron chi connectivity index (χ2n) is 7.07. The van der Waals surface area contributed by atoms with Crippen LogP contribution in [0.25, 0.3) is 11.1 Å². The molecule has 1 N–H and O–H groups in total. The summed E-state index contributed by atoms with van der Waals surface area (Å²) in [5.74, 6) is -0.607. The van der Waals surface area contributed by atoms with E-state index in [9.17, 15) is 23.1 Å². The molecule has 0 aromatic heterocycles. The van der Waals surface area contributed by atoms with E-state index in [1.807, 2.05) is 0 Å². The van der Waals surface area contributed by atoms with Crippen LogP contribution in [-0.4, -0.2) is 53.2 Å². The molecule has 8 heteroatoms. The molecule has 6 nitrogen and oxygen atoms in total. The second kappa shape index (κ2) is 7.69. The first kappa shape index (κ1) is 20.6. The number of carbonyl (C=O) groups is 2. The van der Waals surface area contributed by atoms with Crippen molar-refractivity contribution in [2.75, 3.05) is 12.3 Å². The van der Waals surface area contributed by atoms with Crippen LogP contribution < -0.4 is 0 Å². The number of benzene rings is 2. The van der Waals surface area contributed by atoms with Crippen LogP contribution in [-0.2, 0) is 14.8 Å². The molecule has 0 unspecified atom stereocenters. The Kier molecular flexibility index (Phi) is 5.65. The average molecular weight is 420 g/mol. The lowest BCUT2D eigenvalue weighted by Gasteiger charge is -2.42. The summed E-state index contributed by atoms with van der Waals surface area (Å²) in [6.45, 7) is 3.66. The smallest absolute Gasteiger partial charge is 0.323 e. The van der Waals surface area contributed by atoms with Crippen LogP contribution in [0.5, 0.6) is 0 Å². The van der Waals surface area contributed by atoms with Gasteiger partial charge in [-0.3, -0.25) is 9.59 Å². The van der Waals surface area contributed by atoms with Crippen LogP contribution in [0.1, 0.15) is 24.2 Å². The van der Waals surface area contributed by atoms with E-state index in [0.717, 1.165) is 21.7 Å². The molecular formula is C20H21NO5S2. The molecule has 0 spiro atoms. The number of aliphatic carboxylic acids is 1. The van der Waals surface area contributed by atoms with Gasteiger partial charge in [0, 0.05) is 22.6 Å². The monoisotopic (exact) mass is 419 g/mol. The summed E-state index contributed by atoms with van der Waals surface area (Å²) in [5, 5.41) is 9.65. The van der Waals surface area contributed by atoms with Gasteiger partial charge in [0.1, 0.15) is 12.3 Å². The Hall–Kier alpha value is -2.16. The number of carboxylic acids is 1. The summed E-state index contributed by atoms with van der Waals surface area (Å²) >= 11 is 1.46. The highest BCUT2D eigenvalue weighted by Gasteiger charge is 2.48. The Labute approximate surface area is 168 Å². The third kappa shape index (κ3) is 3.85. The van der Waals surface area contributed by atoms with E-state index in [0.29, 0.717) is 11.3 Å². The van der Waals surface area contributed by atoms with Gasteiger partial charge in [-0.2, -0.15) is 16.1 Å². The number of hydrogen-bond acceptors (Lipinski definition) is 5. The third-order valence-electron chi connectivity index (χ3n) is 4.81. The van der Waals surface area contributed by atoms with E-state index < -0.39 is 26.8 Å². The molecule has 0 amide bonds. The van der Waals surface area contributed by atoms with Crippen LogP contribution in [0.2, 0.25) is 0 Å². The van der Waals surface area contributed by atoms with Crippen molar-refractivity contribution in [1.82, 2.24) is 4.31 Å². The zero-order valence-electron chi connectivity index (χ0n) is 15.5. The van der Waals surface area contributed by atoms with Gasteiger partial charge in [-0.25, -0.2) is 8.42 Å². The minimum atomic E-state index is -3.94. The summed E-state index contributed by atoms with van der Waals surface area (Å²) in [5.41, 5.74) is 2.22. The number of carbonyl (C=O) groups excluding carboxylic acids is 1. The molecule has 1 saturated heterocycles. The van der Waals surface area contributed by atoms with Gasteiger partial charge in [0.05, 0.1) is 4.90 Å². The predicted molar refractivity (Wildman–Crippen MR) is 109 cm³/mol. The molecule has 3 rings (SSSR count). The van der Waals surface area contributed by atoms with Crippen LogP contribution in [0.15, 0.2) is 53.4 Å². The van der Waals surface area contributed by atoms with E-state index in [1.54, 1.807) is 50.2 Å². The van der Waals surface area contributed by atoms with Crippen LogP contribution in [0, 0.1) is 0 Å². The fourth-order valence-corrected chi connectivity index (χ4v) is 6.44. The molecule has 1 aliphatic rings. The van der Waals surface area contributed by atoms with Gasteiger partial charge < -0.3 is 5.11 Å². The van der Waals surface area contributed by atoms with Gasteiger partial charge >= 0.3 is 5.97 Å². The number of thioether (sulfide) groups is 1. The third-order valence-corrected chi connectivity index (χ3v) is 8.04. The van der Waals surface area contributed by atoms with Gasteiger partial charge in [-0.1, -0.05) is 36.4 Å². The lowest BCUT2D eigenvalue weighted by Crippen LogP contribution is -2.58. The summed E-state index contributed by atoms with van der Waals surface area (Å²) in [4.78, 5) is 22.6. The molecule has 1 atom stereocenters. The molecule has 28 heavy (non-hydrogen) atoms. The second-order valence-corrected chi connectivity index (χ2v) is 10.7. The Bertz CT molecular complexity index is 982. The maximum atomic E-state index is 13.1. The largest absolute Gasteiger partial charge is 0.480 e. The van der Waals surface area contributed by atoms with E-state index in [4.69, 9.17) is 0 Å². The minimum Gasteiger partial charge on any atom is -0.480 e. The SMILES string of the molecule is CC1(C)SCCN(S(=O)(=O)c2ccc(-c3ccc(C=O)cc3)cc2)[C@H]1C(=O)O. The highest BCUT2D eigenvalue weighted by atomic mass is 32.2. The molecule has 1 fully saturated rings. The highest BCUT2D eigenvalue weighted by Crippen LogP contribution is 2.38. The van der Waals surface area contributed by atoms with Crippen molar-refractivity contribution in [2.24, 2.45) is 0 Å². The van der Waals surface area contributed by atoms with Crippen molar-refractivity contribution >= 4 is 34.0 Å². The molecule has 0 radical (unpaired) electrons. The molecule has 2 aromatic rings. The summed E-state index contributed by atoms with van der Waals surface area (Å²) < 4.78 is 26.6. The Morgan fingerprint density at radius 2 is 1.64 bits per heavy atom. The number of aldehydes is 1. The Morgan fingerprint density at radius 1 is 1.11 bits per heavy atom. The number of carboxylic acid groups (broad SMARTS) is 1. The molecule has 0 aliphatic carbocycles. The first-order valence-corrected chi connectivity index (χ1v) is 11.1. The van der Waals surface area contributed by atoms with E-state index >= 15 is 0 Å². The molecule has 1 heterocycles. The minimum absolute atomic E-state index is 0.0645. The lowest BCUT2D eigenvalue weighted by molar-refractivity contribution is -0.142. The first-order valence-electron chi connectivity index (χ1n) is 8.71. The molecule has 1 aliphatic heterocycles. The number of nitrogens with zero attached hydrogens (tertiary/aromatic N) is 1. The topological polar surface area (TPSA) is 91.8 Å². The van der Waals surface area contributed by atoms with Gasteiger partial charge in [0.25, 0.3) is 0 Å². The molecule has 148 valence electrons. The van der Waals surface area contributed by atoms with E-state index in [2.05, 4.69) is 0 Å².